The highest BCUT2D eigenvalue weighted by Crippen LogP contribution is 2.22. The molecule has 0 amide bonds. The van der Waals surface area contributed by atoms with Crippen molar-refractivity contribution >= 4 is 0 Å². The molecule has 0 radical (unpaired) electrons. The van der Waals surface area contributed by atoms with E-state index in [0.29, 0.717) is 12.6 Å². The van der Waals surface area contributed by atoms with Crippen molar-refractivity contribution in [1.29, 1.82) is 0 Å². The SMILES string of the molecule is CCCN(CC)C(CN)c1cncn1C(C)C. The van der Waals surface area contributed by atoms with E-state index in [4.69, 9.17) is 5.73 Å². The van der Waals surface area contributed by atoms with Crippen LogP contribution in [-0.2, 0) is 0 Å². The fourth-order valence-electron chi connectivity index (χ4n) is 2.28. The summed E-state index contributed by atoms with van der Waals surface area (Å²) < 4.78 is 2.22. The summed E-state index contributed by atoms with van der Waals surface area (Å²) in [6.07, 6.45) is 5.01. The lowest BCUT2D eigenvalue weighted by Crippen LogP contribution is -2.35. The van der Waals surface area contributed by atoms with Crippen molar-refractivity contribution in [3.05, 3.63) is 18.2 Å². The first-order valence-electron chi connectivity index (χ1n) is 6.61. The van der Waals surface area contributed by atoms with Crippen molar-refractivity contribution in [2.45, 2.75) is 46.2 Å². The number of aromatic nitrogens is 2. The van der Waals surface area contributed by atoms with Gasteiger partial charge in [0, 0.05) is 18.8 Å². The van der Waals surface area contributed by atoms with Gasteiger partial charge in [-0.3, -0.25) is 4.90 Å². The lowest BCUT2D eigenvalue weighted by atomic mass is 10.1. The van der Waals surface area contributed by atoms with Gasteiger partial charge in [0.15, 0.2) is 0 Å². The van der Waals surface area contributed by atoms with E-state index in [1.807, 2.05) is 12.5 Å². The van der Waals surface area contributed by atoms with Crippen LogP contribution in [0.4, 0.5) is 0 Å². The van der Waals surface area contributed by atoms with E-state index >= 15 is 0 Å². The van der Waals surface area contributed by atoms with Gasteiger partial charge in [0.2, 0.25) is 0 Å². The Bertz CT molecular complexity index is 319. The molecule has 0 saturated heterocycles. The Hall–Kier alpha value is -0.870. The molecule has 98 valence electrons. The molecule has 1 heterocycles. The Labute approximate surface area is 105 Å². The molecule has 0 fully saturated rings. The van der Waals surface area contributed by atoms with Crippen LogP contribution in [0.5, 0.6) is 0 Å². The topological polar surface area (TPSA) is 47.1 Å². The first-order chi connectivity index (χ1) is 8.15. The van der Waals surface area contributed by atoms with Crippen molar-refractivity contribution in [3.8, 4) is 0 Å². The van der Waals surface area contributed by atoms with E-state index < -0.39 is 0 Å². The van der Waals surface area contributed by atoms with Crippen LogP contribution in [0, 0.1) is 0 Å². The Balaban J connectivity index is 2.95. The number of hydrogen-bond acceptors (Lipinski definition) is 3. The van der Waals surface area contributed by atoms with Gasteiger partial charge in [0.05, 0.1) is 18.1 Å². The summed E-state index contributed by atoms with van der Waals surface area (Å²) in [4.78, 5) is 6.70. The highest BCUT2D eigenvalue weighted by molar-refractivity contribution is 5.07. The molecule has 4 heteroatoms. The predicted molar refractivity (Wildman–Crippen MR) is 71.9 cm³/mol. The summed E-state index contributed by atoms with van der Waals surface area (Å²) in [5, 5.41) is 0. The maximum atomic E-state index is 5.96. The van der Waals surface area contributed by atoms with E-state index in [-0.39, 0.29) is 6.04 Å². The van der Waals surface area contributed by atoms with E-state index in [0.717, 1.165) is 19.5 Å². The lowest BCUT2D eigenvalue weighted by Gasteiger charge is -2.30. The second-order valence-electron chi connectivity index (χ2n) is 4.70. The van der Waals surface area contributed by atoms with Crippen molar-refractivity contribution in [2.75, 3.05) is 19.6 Å². The Morgan fingerprint density at radius 3 is 2.59 bits per heavy atom. The Morgan fingerprint density at radius 1 is 1.41 bits per heavy atom. The van der Waals surface area contributed by atoms with E-state index in [9.17, 15) is 0 Å². The summed E-state index contributed by atoms with van der Waals surface area (Å²) in [6.45, 7) is 11.5. The Morgan fingerprint density at radius 2 is 2.12 bits per heavy atom. The van der Waals surface area contributed by atoms with Gasteiger partial charge < -0.3 is 10.3 Å². The third-order valence-electron chi connectivity index (χ3n) is 3.17. The minimum Gasteiger partial charge on any atom is -0.331 e. The van der Waals surface area contributed by atoms with Crippen molar-refractivity contribution in [2.24, 2.45) is 5.73 Å². The summed E-state index contributed by atoms with van der Waals surface area (Å²) >= 11 is 0. The number of nitrogens with zero attached hydrogens (tertiary/aromatic N) is 3. The molecule has 1 rings (SSSR count). The minimum atomic E-state index is 0.282. The summed E-state index contributed by atoms with van der Waals surface area (Å²) in [5.74, 6) is 0. The highest BCUT2D eigenvalue weighted by Gasteiger charge is 2.21. The molecule has 1 aromatic heterocycles. The zero-order valence-electron chi connectivity index (χ0n) is 11.6. The van der Waals surface area contributed by atoms with Crippen LogP contribution in [0.2, 0.25) is 0 Å². The third kappa shape index (κ3) is 3.30. The largest absolute Gasteiger partial charge is 0.331 e. The average molecular weight is 238 g/mol. The summed E-state index contributed by atoms with van der Waals surface area (Å²) in [6, 6.07) is 0.715. The molecular weight excluding hydrogens is 212 g/mol. The molecule has 0 spiro atoms. The quantitative estimate of drug-likeness (QED) is 0.792. The first kappa shape index (κ1) is 14.2. The fraction of sp³-hybridized carbons (Fsp3) is 0.769. The molecular formula is C13H26N4. The average Bonchev–Trinajstić information content (AvgIpc) is 2.78. The molecule has 0 saturated carbocycles. The molecule has 4 nitrogen and oxygen atoms in total. The van der Waals surface area contributed by atoms with Crippen LogP contribution in [0.3, 0.4) is 0 Å². The lowest BCUT2D eigenvalue weighted by molar-refractivity contribution is 0.203. The number of rotatable bonds is 7. The summed E-state index contributed by atoms with van der Waals surface area (Å²) in [5.41, 5.74) is 7.19. The number of imidazole rings is 1. The molecule has 0 aliphatic carbocycles. The van der Waals surface area contributed by atoms with Gasteiger partial charge in [-0.15, -0.1) is 0 Å². The second-order valence-corrected chi connectivity index (χ2v) is 4.70. The van der Waals surface area contributed by atoms with Crippen molar-refractivity contribution < 1.29 is 0 Å². The van der Waals surface area contributed by atoms with Crippen LogP contribution in [-0.4, -0.2) is 34.1 Å². The smallest absolute Gasteiger partial charge is 0.0951 e. The van der Waals surface area contributed by atoms with Crippen LogP contribution < -0.4 is 5.73 Å². The zero-order valence-corrected chi connectivity index (χ0v) is 11.6. The van der Waals surface area contributed by atoms with Gasteiger partial charge in [-0.1, -0.05) is 13.8 Å². The number of hydrogen-bond donors (Lipinski definition) is 1. The van der Waals surface area contributed by atoms with Crippen molar-refractivity contribution in [1.82, 2.24) is 14.5 Å². The molecule has 0 aromatic carbocycles. The normalized spacial score (nSPS) is 13.6. The van der Waals surface area contributed by atoms with Crippen LogP contribution >= 0.6 is 0 Å². The van der Waals surface area contributed by atoms with E-state index in [2.05, 4.69) is 42.1 Å². The summed E-state index contributed by atoms with van der Waals surface area (Å²) in [7, 11) is 0. The molecule has 0 aliphatic rings. The molecule has 0 aliphatic heterocycles. The predicted octanol–water partition coefficient (Wildman–Crippen LogP) is 2.20. The van der Waals surface area contributed by atoms with Crippen LogP contribution in [0.1, 0.15) is 51.9 Å². The van der Waals surface area contributed by atoms with Gasteiger partial charge in [-0.25, -0.2) is 4.98 Å². The molecule has 1 aromatic rings. The number of likely N-dealkylation sites (N-methyl/N-ethyl adjacent to an activating group) is 1. The third-order valence-corrected chi connectivity index (χ3v) is 3.17. The number of nitrogens with two attached hydrogens (primary N) is 1. The van der Waals surface area contributed by atoms with E-state index in [1.54, 1.807) is 0 Å². The van der Waals surface area contributed by atoms with Gasteiger partial charge >= 0.3 is 0 Å². The van der Waals surface area contributed by atoms with Crippen LogP contribution in [0.25, 0.3) is 0 Å². The molecule has 17 heavy (non-hydrogen) atoms. The van der Waals surface area contributed by atoms with Crippen molar-refractivity contribution in [3.63, 3.8) is 0 Å². The fourth-order valence-corrected chi connectivity index (χ4v) is 2.28. The molecule has 1 atom stereocenters. The molecule has 2 N–H and O–H groups in total. The maximum absolute atomic E-state index is 5.96. The first-order valence-corrected chi connectivity index (χ1v) is 6.61. The van der Waals surface area contributed by atoms with E-state index in [1.165, 1.54) is 5.69 Å². The molecule has 0 bridgehead atoms. The molecule has 1 unspecified atom stereocenters. The Kier molecular flexibility index (Phi) is 5.65. The zero-order chi connectivity index (χ0) is 12.8. The standard InChI is InChI=1S/C13H26N4/c1-5-7-16(6-2)12(8-14)13-9-15-10-17(13)11(3)4/h9-12H,5-8,14H2,1-4H3. The monoisotopic (exact) mass is 238 g/mol. The second kappa shape index (κ2) is 6.77. The maximum Gasteiger partial charge on any atom is 0.0951 e. The van der Waals surface area contributed by atoms with Crippen LogP contribution in [0.15, 0.2) is 12.5 Å². The minimum absolute atomic E-state index is 0.282. The van der Waals surface area contributed by atoms with Gasteiger partial charge in [0.1, 0.15) is 0 Å². The van der Waals surface area contributed by atoms with Gasteiger partial charge in [-0.2, -0.15) is 0 Å². The van der Waals surface area contributed by atoms with Gasteiger partial charge in [-0.05, 0) is 33.4 Å². The van der Waals surface area contributed by atoms with Gasteiger partial charge in [0.25, 0.3) is 0 Å². The highest BCUT2D eigenvalue weighted by atomic mass is 15.2.